The summed E-state index contributed by atoms with van der Waals surface area (Å²) in [6.45, 7) is 20.2. The first-order valence-electron chi connectivity index (χ1n) is 24.3. The van der Waals surface area contributed by atoms with E-state index in [-0.39, 0.29) is 61.7 Å². The molecule has 0 heterocycles. The minimum Gasteiger partial charge on any atom is -0.481 e. The lowest BCUT2D eigenvalue weighted by Gasteiger charge is -2.30. The lowest BCUT2D eigenvalue weighted by Crippen LogP contribution is -2.61. The van der Waals surface area contributed by atoms with Crippen LogP contribution >= 0.6 is 0 Å². The summed E-state index contributed by atoms with van der Waals surface area (Å²) in [5.74, 6) is -12.1. The molecule has 0 aliphatic heterocycles. The standard InChI is InChI=1S/C47H84N10O14/c1-22(2)15-30(41(64)50-29(13-14-37(60)61)40(63)56-35(47(70)71)19-26(9)10)52-42(65)31(16-23(3)4)53-44(67)34(20-36(49)59)54-43(66)32(17-24(5)6)55-46(69)38(27(11)12)57-45(68)33(18-25(7)8)51-39(62)28(48)21-58/h22-35,38,58H,13-21,48H2,1-12H3,(H2,49,59)(H,50,64)(H,51,62)(H,52,65)(H,53,67)(H,54,66)(H,55,69)(H,56,63)(H,57,68)(H,60,61)(H,70,71)/t28-,29-,30-,31-,32-,33-,34-,35-,38-/m0/s1. The van der Waals surface area contributed by atoms with E-state index in [1.54, 1.807) is 69.2 Å². The summed E-state index contributed by atoms with van der Waals surface area (Å²) in [6, 6.07) is -12.3. The van der Waals surface area contributed by atoms with Gasteiger partial charge in [0.2, 0.25) is 53.2 Å². The van der Waals surface area contributed by atoms with Crippen LogP contribution in [0.1, 0.15) is 134 Å². The number of carboxylic acid groups (broad SMARTS) is 2. The molecule has 0 saturated carbocycles. The third-order valence-corrected chi connectivity index (χ3v) is 10.8. The molecular weight excluding hydrogens is 929 g/mol. The summed E-state index contributed by atoms with van der Waals surface area (Å²) in [4.78, 5) is 145. The normalized spacial score (nSPS) is 15.3. The van der Waals surface area contributed by atoms with Crippen LogP contribution in [-0.2, 0) is 52.7 Å². The maximum Gasteiger partial charge on any atom is 0.326 e. The molecule has 0 unspecified atom stereocenters. The number of carbonyl (C=O) groups is 11. The van der Waals surface area contributed by atoms with Crippen molar-refractivity contribution in [3.05, 3.63) is 0 Å². The van der Waals surface area contributed by atoms with E-state index in [0.717, 1.165) is 0 Å². The first-order valence-corrected chi connectivity index (χ1v) is 24.3. The van der Waals surface area contributed by atoms with E-state index in [9.17, 15) is 68.1 Å². The Labute approximate surface area is 417 Å². The molecule has 0 rings (SSSR count). The SMILES string of the molecule is CC(C)C[C@H](NC(=O)[C@H](CCC(=O)O)NC(=O)[C@H](CC(C)C)NC(=O)[C@H](CC(C)C)NC(=O)[C@H](CC(N)=O)NC(=O)[C@H](CC(C)C)NC(=O)[C@@H](NC(=O)[C@H](CC(C)C)NC(=O)[C@@H](N)CO)C(C)C)C(=O)O. The van der Waals surface area contributed by atoms with Crippen molar-refractivity contribution in [2.45, 2.75) is 189 Å². The Kier molecular flexibility index (Phi) is 29.5. The van der Waals surface area contributed by atoms with Gasteiger partial charge in [0.25, 0.3) is 0 Å². The van der Waals surface area contributed by atoms with Crippen LogP contribution in [0.4, 0.5) is 0 Å². The van der Waals surface area contributed by atoms with Crippen molar-refractivity contribution in [3.8, 4) is 0 Å². The topological polar surface area (TPSA) is 397 Å². The molecule has 9 atom stereocenters. The predicted octanol–water partition coefficient (Wildman–Crippen LogP) is -1.10. The van der Waals surface area contributed by atoms with E-state index in [2.05, 4.69) is 42.5 Å². The zero-order chi connectivity index (χ0) is 55.0. The molecule has 0 aliphatic rings. The smallest absolute Gasteiger partial charge is 0.326 e. The maximum absolute atomic E-state index is 14.1. The summed E-state index contributed by atoms with van der Waals surface area (Å²) < 4.78 is 0. The van der Waals surface area contributed by atoms with Gasteiger partial charge in [-0.3, -0.25) is 47.9 Å². The summed E-state index contributed by atoms with van der Waals surface area (Å²) in [5.41, 5.74) is 11.2. The van der Waals surface area contributed by atoms with Gasteiger partial charge in [-0.25, -0.2) is 4.79 Å². The number of hydrogen-bond acceptors (Lipinski definition) is 13. The Morgan fingerprint density at radius 3 is 1.04 bits per heavy atom. The van der Waals surface area contributed by atoms with Gasteiger partial charge in [0.1, 0.15) is 54.4 Å². The zero-order valence-electron chi connectivity index (χ0n) is 43.5. The fraction of sp³-hybridized carbons (Fsp3) is 0.766. The molecule has 0 saturated heterocycles. The largest absolute Gasteiger partial charge is 0.481 e. The molecule has 406 valence electrons. The van der Waals surface area contributed by atoms with Gasteiger partial charge in [-0.05, 0) is 74.0 Å². The van der Waals surface area contributed by atoms with Crippen LogP contribution in [0, 0.1) is 35.5 Å². The molecule has 0 aliphatic carbocycles. The molecule has 71 heavy (non-hydrogen) atoms. The van der Waals surface area contributed by atoms with Gasteiger partial charge in [0.05, 0.1) is 13.0 Å². The minimum atomic E-state index is -1.69. The number of carbonyl (C=O) groups excluding carboxylic acids is 9. The summed E-state index contributed by atoms with van der Waals surface area (Å²) in [5, 5.41) is 48.6. The second kappa shape index (κ2) is 32.1. The molecule has 0 radical (unpaired) electrons. The third kappa shape index (κ3) is 26.2. The van der Waals surface area contributed by atoms with Crippen molar-refractivity contribution in [2.24, 2.45) is 47.0 Å². The van der Waals surface area contributed by atoms with Gasteiger partial charge in [0.15, 0.2) is 0 Å². The minimum absolute atomic E-state index is 0.00260. The first kappa shape index (κ1) is 65.1. The second-order valence-corrected chi connectivity index (χ2v) is 20.5. The highest BCUT2D eigenvalue weighted by atomic mass is 16.4. The molecule has 0 aromatic carbocycles. The predicted molar refractivity (Wildman–Crippen MR) is 261 cm³/mol. The van der Waals surface area contributed by atoms with Crippen molar-refractivity contribution in [3.63, 3.8) is 0 Å². The van der Waals surface area contributed by atoms with Crippen molar-refractivity contribution >= 4 is 65.1 Å². The van der Waals surface area contributed by atoms with E-state index in [1.807, 2.05) is 13.8 Å². The van der Waals surface area contributed by atoms with Crippen LogP contribution in [0.3, 0.4) is 0 Å². The van der Waals surface area contributed by atoms with Gasteiger partial charge in [-0.2, -0.15) is 0 Å². The van der Waals surface area contributed by atoms with Crippen LogP contribution < -0.4 is 54.0 Å². The van der Waals surface area contributed by atoms with E-state index in [1.165, 1.54) is 0 Å². The van der Waals surface area contributed by atoms with E-state index < -0.39 is 151 Å². The Morgan fingerprint density at radius 1 is 0.408 bits per heavy atom. The highest BCUT2D eigenvalue weighted by Crippen LogP contribution is 2.14. The Bertz CT molecular complexity index is 1830. The van der Waals surface area contributed by atoms with Crippen molar-refractivity contribution in [2.75, 3.05) is 6.61 Å². The highest BCUT2D eigenvalue weighted by molar-refractivity contribution is 5.99. The monoisotopic (exact) mass is 1010 g/mol. The number of aliphatic hydroxyl groups excluding tert-OH is 1. The van der Waals surface area contributed by atoms with Crippen LogP contribution in [0.25, 0.3) is 0 Å². The number of amides is 9. The fourth-order valence-electron chi connectivity index (χ4n) is 7.23. The van der Waals surface area contributed by atoms with E-state index >= 15 is 0 Å². The maximum atomic E-state index is 14.1. The first-order chi connectivity index (χ1) is 32.8. The summed E-state index contributed by atoms with van der Waals surface area (Å²) >= 11 is 0. The molecule has 24 heteroatoms. The highest BCUT2D eigenvalue weighted by Gasteiger charge is 2.37. The number of hydrogen-bond donors (Lipinski definition) is 13. The van der Waals surface area contributed by atoms with Crippen molar-refractivity contribution in [1.29, 1.82) is 0 Å². The third-order valence-electron chi connectivity index (χ3n) is 10.8. The average molecular weight is 1010 g/mol. The van der Waals surface area contributed by atoms with Crippen LogP contribution in [-0.4, -0.2) is 141 Å². The summed E-state index contributed by atoms with van der Waals surface area (Å²) in [6.07, 6.45) is -1.54. The van der Waals surface area contributed by atoms with Gasteiger partial charge < -0.3 is 69.3 Å². The van der Waals surface area contributed by atoms with Crippen molar-refractivity contribution < 1.29 is 68.1 Å². The van der Waals surface area contributed by atoms with Gasteiger partial charge >= 0.3 is 11.9 Å². The number of nitrogens with one attached hydrogen (secondary N) is 8. The number of carboxylic acids is 2. The van der Waals surface area contributed by atoms with Gasteiger partial charge in [-0.15, -0.1) is 0 Å². The molecule has 9 amide bonds. The van der Waals surface area contributed by atoms with E-state index in [4.69, 9.17) is 11.5 Å². The van der Waals surface area contributed by atoms with Crippen molar-refractivity contribution in [1.82, 2.24) is 42.5 Å². The second-order valence-electron chi connectivity index (χ2n) is 20.5. The lowest BCUT2D eigenvalue weighted by molar-refractivity contribution is -0.143. The molecule has 24 nitrogen and oxygen atoms in total. The van der Waals surface area contributed by atoms with Crippen LogP contribution in [0.5, 0.6) is 0 Å². The molecule has 0 bridgehead atoms. The number of rotatable bonds is 34. The van der Waals surface area contributed by atoms with Gasteiger partial charge in [-0.1, -0.05) is 83.1 Å². The van der Waals surface area contributed by atoms with Gasteiger partial charge in [0, 0.05) is 6.42 Å². The van der Waals surface area contributed by atoms with Crippen LogP contribution in [0.2, 0.25) is 0 Å². The number of primary amides is 1. The molecule has 0 spiro atoms. The summed E-state index contributed by atoms with van der Waals surface area (Å²) in [7, 11) is 0. The molecular formula is C47H84N10O14. The molecule has 0 aromatic heterocycles. The number of aliphatic hydroxyl groups is 1. The Hall–Kier alpha value is -5.91. The van der Waals surface area contributed by atoms with E-state index in [0.29, 0.717) is 0 Å². The average Bonchev–Trinajstić information content (AvgIpc) is 3.23. The zero-order valence-corrected chi connectivity index (χ0v) is 43.5. The fourth-order valence-corrected chi connectivity index (χ4v) is 7.23. The number of nitrogens with two attached hydrogens (primary N) is 2. The van der Waals surface area contributed by atoms with Crippen LogP contribution in [0.15, 0.2) is 0 Å². The molecule has 15 N–H and O–H groups in total. The molecule has 0 fully saturated rings. The lowest BCUT2D eigenvalue weighted by atomic mass is 9.98. The Balaban J connectivity index is 6.66. The quantitative estimate of drug-likeness (QED) is 0.0364. The Morgan fingerprint density at radius 2 is 0.704 bits per heavy atom. The number of aliphatic carboxylic acids is 2. The molecule has 0 aromatic rings.